The molecule has 120 valence electrons. The Hall–Kier alpha value is -1.36. The van der Waals surface area contributed by atoms with Crippen molar-refractivity contribution in [3.63, 3.8) is 0 Å². The maximum Gasteiger partial charge on any atom is 0.239 e. The lowest BCUT2D eigenvalue weighted by Crippen LogP contribution is -2.48. The molecule has 0 unspecified atom stereocenters. The van der Waals surface area contributed by atoms with Crippen LogP contribution in [0.4, 0.5) is 5.69 Å². The molecule has 1 aromatic carbocycles. The molecule has 4 nitrogen and oxygen atoms in total. The van der Waals surface area contributed by atoms with E-state index in [0.717, 1.165) is 42.4 Å². The number of aryl methyl sites for hydroxylation is 1. The number of rotatable bonds is 3. The summed E-state index contributed by atoms with van der Waals surface area (Å²) < 4.78 is 0.995. The molecule has 0 aliphatic carbocycles. The van der Waals surface area contributed by atoms with Gasteiger partial charge in [0.15, 0.2) is 0 Å². The fourth-order valence-electron chi connectivity index (χ4n) is 2.60. The van der Waals surface area contributed by atoms with Crippen LogP contribution < -0.4 is 5.32 Å². The molecule has 2 amide bonds. The third-order valence-electron chi connectivity index (χ3n) is 4.16. The quantitative estimate of drug-likeness (QED) is 0.828. The normalized spacial score (nSPS) is 15.5. The van der Waals surface area contributed by atoms with Gasteiger partial charge in [-0.1, -0.05) is 15.9 Å². The molecule has 1 N–H and O–H groups in total. The second-order valence-electron chi connectivity index (χ2n) is 6.40. The maximum absolute atomic E-state index is 12.6. The van der Waals surface area contributed by atoms with E-state index in [2.05, 4.69) is 21.2 Å². The van der Waals surface area contributed by atoms with E-state index in [0.29, 0.717) is 5.69 Å². The van der Waals surface area contributed by atoms with Crippen molar-refractivity contribution in [1.29, 1.82) is 0 Å². The first-order valence-electron chi connectivity index (χ1n) is 7.69. The number of hydrogen-bond donors (Lipinski definition) is 1. The number of anilines is 1. The Balaban J connectivity index is 2.08. The van der Waals surface area contributed by atoms with Gasteiger partial charge in [0.25, 0.3) is 0 Å². The summed E-state index contributed by atoms with van der Waals surface area (Å²) in [4.78, 5) is 27.0. The molecular weight excluding hydrogens is 344 g/mol. The largest absolute Gasteiger partial charge is 0.342 e. The minimum atomic E-state index is -1.06. The first-order valence-corrected chi connectivity index (χ1v) is 8.48. The van der Waals surface area contributed by atoms with Gasteiger partial charge in [0, 0.05) is 23.2 Å². The van der Waals surface area contributed by atoms with Gasteiger partial charge in [0.2, 0.25) is 11.8 Å². The summed E-state index contributed by atoms with van der Waals surface area (Å²) in [6.45, 7) is 6.87. The summed E-state index contributed by atoms with van der Waals surface area (Å²) in [7, 11) is 0. The van der Waals surface area contributed by atoms with Crippen LogP contribution in [0.15, 0.2) is 22.7 Å². The first kappa shape index (κ1) is 17.0. The molecule has 5 heteroatoms. The van der Waals surface area contributed by atoms with Gasteiger partial charge >= 0.3 is 0 Å². The monoisotopic (exact) mass is 366 g/mol. The predicted molar refractivity (Wildman–Crippen MR) is 91.7 cm³/mol. The Morgan fingerprint density at radius 1 is 1.18 bits per heavy atom. The van der Waals surface area contributed by atoms with E-state index in [9.17, 15) is 9.59 Å². The van der Waals surface area contributed by atoms with Crippen LogP contribution in [0.3, 0.4) is 0 Å². The van der Waals surface area contributed by atoms with Crippen LogP contribution in [-0.4, -0.2) is 29.8 Å². The second-order valence-corrected chi connectivity index (χ2v) is 7.25. The Labute approximate surface area is 140 Å². The van der Waals surface area contributed by atoms with Crippen molar-refractivity contribution < 1.29 is 9.59 Å². The number of piperidine rings is 1. The fraction of sp³-hybridized carbons (Fsp3) is 0.529. The van der Waals surface area contributed by atoms with Crippen molar-refractivity contribution in [3.05, 3.63) is 28.2 Å². The number of carbonyl (C=O) groups is 2. The molecule has 0 radical (unpaired) electrons. The summed E-state index contributed by atoms with van der Waals surface area (Å²) in [5.41, 5.74) is 0.696. The molecule has 1 fully saturated rings. The van der Waals surface area contributed by atoms with Gasteiger partial charge in [-0.15, -0.1) is 0 Å². The predicted octanol–water partition coefficient (Wildman–Crippen LogP) is 3.73. The third-order valence-corrected chi connectivity index (χ3v) is 5.05. The van der Waals surface area contributed by atoms with Crippen molar-refractivity contribution in [2.24, 2.45) is 5.41 Å². The molecule has 0 atom stereocenters. The second kappa shape index (κ2) is 6.82. The van der Waals surface area contributed by atoms with Crippen molar-refractivity contribution in [3.8, 4) is 0 Å². The number of carbonyl (C=O) groups excluding carboxylic acids is 2. The van der Waals surface area contributed by atoms with Gasteiger partial charge in [-0.3, -0.25) is 9.59 Å². The standard InChI is InChI=1S/C17H23BrN2O2/c1-12-11-13(7-8-14(12)18)19-15(21)17(2,3)16(22)20-9-5-4-6-10-20/h7-8,11H,4-6,9-10H2,1-3H3,(H,19,21). The summed E-state index contributed by atoms with van der Waals surface area (Å²) in [6, 6.07) is 5.62. The number of halogens is 1. The van der Waals surface area contributed by atoms with Crippen LogP contribution in [0.2, 0.25) is 0 Å². The van der Waals surface area contributed by atoms with Gasteiger partial charge in [0.1, 0.15) is 5.41 Å². The maximum atomic E-state index is 12.6. The zero-order valence-electron chi connectivity index (χ0n) is 13.4. The van der Waals surface area contributed by atoms with Crippen LogP contribution in [0.1, 0.15) is 38.7 Å². The van der Waals surface area contributed by atoms with Crippen molar-refractivity contribution >= 4 is 33.4 Å². The molecule has 1 aromatic rings. The fourth-order valence-corrected chi connectivity index (χ4v) is 2.85. The molecule has 1 aliphatic heterocycles. The van der Waals surface area contributed by atoms with E-state index >= 15 is 0 Å². The SMILES string of the molecule is Cc1cc(NC(=O)C(C)(C)C(=O)N2CCCCC2)ccc1Br. The molecule has 0 bridgehead atoms. The number of benzene rings is 1. The number of amides is 2. The van der Waals surface area contributed by atoms with Gasteiger partial charge in [-0.05, 0) is 63.8 Å². The molecule has 1 heterocycles. The highest BCUT2D eigenvalue weighted by Gasteiger charge is 2.39. The number of nitrogens with zero attached hydrogens (tertiary/aromatic N) is 1. The van der Waals surface area contributed by atoms with Gasteiger partial charge in [-0.2, -0.15) is 0 Å². The van der Waals surface area contributed by atoms with Gasteiger partial charge in [0.05, 0.1) is 0 Å². The Kier molecular flexibility index (Phi) is 5.27. The topological polar surface area (TPSA) is 49.4 Å². The third kappa shape index (κ3) is 3.69. The van der Waals surface area contributed by atoms with Crippen molar-refractivity contribution in [2.75, 3.05) is 18.4 Å². The highest BCUT2D eigenvalue weighted by atomic mass is 79.9. The zero-order chi connectivity index (χ0) is 16.3. The Bertz CT molecular complexity index is 578. The molecule has 1 aliphatic rings. The Morgan fingerprint density at radius 3 is 2.41 bits per heavy atom. The minimum absolute atomic E-state index is 0.0847. The average molecular weight is 367 g/mol. The van der Waals surface area contributed by atoms with E-state index in [-0.39, 0.29) is 11.8 Å². The van der Waals surface area contributed by atoms with Crippen molar-refractivity contribution in [2.45, 2.75) is 40.0 Å². The number of hydrogen-bond acceptors (Lipinski definition) is 2. The van der Waals surface area contributed by atoms with E-state index < -0.39 is 5.41 Å². The van der Waals surface area contributed by atoms with Crippen LogP contribution in [0, 0.1) is 12.3 Å². The minimum Gasteiger partial charge on any atom is -0.342 e. The lowest BCUT2D eigenvalue weighted by atomic mass is 9.89. The highest BCUT2D eigenvalue weighted by Crippen LogP contribution is 2.25. The van der Waals surface area contributed by atoms with Gasteiger partial charge < -0.3 is 10.2 Å². The lowest BCUT2D eigenvalue weighted by Gasteiger charge is -2.33. The summed E-state index contributed by atoms with van der Waals surface area (Å²) in [5, 5.41) is 2.86. The molecule has 1 saturated heterocycles. The summed E-state index contributed by atoms with van der Waals surface area (Å²) in [5.74, 6) is -0.344. The molecule has 2 rings (SSSR count). The lowest BCUT2D eigenvalue weighted by molar-refractivity contribution is -0.147. The Morgan fingerprint density at radius 2 is 1.82 bits per heavy atom. The van der Waals surface area contributed by atoms with E-state index in [1.165, 1.54) is 0 Å². The van der Waals surface area contributed by atoms with Crippen LogP contribution in [0.25, 0.3) is 0 Å². The number of likely N-dealkylation sites (tertiary alicyclic amines) is 1. The molecular formula is C17H23BrN2O2. The zero-order valence-corrected chi connectivity index (χ0v) is 15.0. The molecule has 0 saturated carbocycles. The van der Waals surface area contributed by atoms with Crippen LogP contribution >= 0.6 is 15.9 Å². The summed E-state index contributed by atoms with van der Waals surface area (Å²) in [6.07, 6.45) is 3.21. The van der Waals surface area contributed by atoms with E-state index in [4.69, 9.17) is 0 Å². The molecule has 22 heavy (non-hydrogen) atoms. The smallest absolute Gasteiger partial charge is 0.239 e. The van der Waals surface area contributed by atoms with Crippen molar-refractivity contribution in [1.82, 2.24) is 4.90 Å². The molecule has 0 aromatic heterocycles. The van der Waals surface area contributed by atoms with E-state index in [1.807, 2.05) is 30.0 Å². The van der Waals surface area contributed by atoms with Crippen LogP contribution in [-0.2, 0) is 9.59 Å². The highest BCUT2D eigenvalue weighted by molar-refractivity contribution is 9.10. The summed E-state index contributed by atoms with van der Waals surface area (Å²) >= 11 is 3.44. The van der Waals surface area contributed by atoms with Crippen LogP contribution in [0.5, 0.6) is 0 Å². The van der Waals surface area contributed by atoms with E-state index in [1.54, 1.807) is 13.8 Å². The number of nitrogens with one attached hydrogen (secondary N) is 1. The van der Waals surface area contributed by atoms with Gasteiger partial charge in [-0.25, -0.2) is 0 Å². The molecule has 0 spiro atoms. The first-order chi connectivity index (χ1) is 10.3. The average Bonchev–Trinajstić information content (AvgIpc) is 2.51.